The molecule has 1 fully saturated rings. The molecule has 0 bridgehead atoms. The number of halogens is 6. The molecule has 0 aliphatic heterocycles. The van der Waals surface area contributed by atoms with E-state index in [1.165, 1.54) is 41.8 Å². The van der Waals surface area contributed by atoms with E-state index >= 15 is 0 Å². The predicted molar refractivity (Wildman–Crippen MR) is 115 cm³/mol. The van der Waals surface area contributed by atoms with E-state index in [-0.39, 0.29) is 43.4 Å². The molecule has 3 rings (SSSR count). The molecule has 184 valence electrons. The van der Waals surface area contributed by atoms with Crippen LogP contribution in [0.4, 0.5) is 26.7 Å². The molecule has 3 N–H and O–H groups in total. The number of carbonyl (C=O) groups excluding carboxylic acids is 2. The Labute approximate surface area is 200 Å². The fraction of sp³-hybridized carbons (Fsp3) is 0.600. The molecule has 1 saturated carbocycles. The summed E-state index contributed by atoms with van der Waals surface area (Å²) in [5.74, 6) is 6.09. The largest absolute Gasteiger partial charge is 0.484 e. The van der Waals surface area contributed by atoms with Gasteiger partial charge < -0.3 is 14.8 Å². The van der Waals surface area contributed by atoms with Gasteiger partial charge in [0.25, 0.3) is 0 Å². The van der Waals surface area contributed by atoms with Crippen LogP contribution in [0.2, 0.25) is 0 Å². The number of hydrogen-bond donors (Lipinski definition) is 2. The van der Waals surface area contributed by atoms with Crippen molar-refractivity contribution in [2.24, 2.45) is 11.3 Å². The number of nitrogens with two attached hydrogens (primary N) is 1. The van der Waals surface area contributed by atoms with Gasteiger partial charge in [-0.1, -0.05) is 6.07 Å². The second kappa shape index (κ2) is 9.49. The Bertz CT molecular complexity index is 908. The monoisotopic (exact) mass is 591 g/mol. The van der Waals surface area contributed by atoms with E-state index in [0.717, 1.165) is 5.01 Å². The molecule has 1 aromatic rings. The van der Waals surface area contributed by atoms with Crippen molar-refractivity contribution in [1.82, 2.24) is 10.3 Å². The number of alkyl halides is 5. The number of amides is 2. The number of fused-ring (bicyclic) bond motifs is 1. The fourth-order valence-corrected chi connectivity index (χ4v) is 6.23. The van der Waals surface area contributed by atoms with E-state index in [2.05, 4.69) is 10.1 Å². The standard InChI is InChI=1S/C20H23F5IN3O4/c1-28-17(31)29(27)20(15(26)30)14-8-13(32-10-19(23,24)25)3-2-11(14)9-18(20)6-4-12(5-7-18)33-16(21)22/h2-3,8,12,16H,4-7,9-10,27H2,1H3,(H,28,31). The molecule has 7 nitrogen and oxygen atoms in total. The first kappa shape index (κ1) is 25.9. The van der Waals surface area contributed by atoms with Gasteiger partial charge in [-0.2, -0.15) is 22.0 Å². The minimum Gasteiger partial charge on any atom is -0.484 e. The Morgan fingerprint density at radius 2 is 1.94 bits per heavy atom. The lowest BCUT2D eigenvalue weighted by Crippen LogP contribution is -2.66. The lowest BCUT2D eigenvalue weighted by molar-refractivity contribution is -0.181. The number of hydrogen-bond acceptors (Lipinski definition) is 5. The van der Waals surface area contributed by atoms with E-state index < -0.39 is 46.3 Å². The first-order valence-corrected chi connectivity index (χ1v) is 11.2. The smallest absolute Gasteiger partial charge is 0.422 e. The summed E-state index contributed by atoms with van der Waals surface area (Å²) in [5, 5.41) is 3.14. The lowest BCUT2D eigenvalue weighted by atomic mass is 9.61. The summed E-state index contributed by atoms with van der Waals surface area (Å²) in [6.07, 6.45) is -4.15. The Hall–Kier alpha value is -1.74. The zero-order valence-corrected chi connectivity index (χ0v) is 19.7. The summed E-state index contributed by atoms with van der Waals surface area (Å²) in [6, 6.07) is 3.43. The van der Waals surface area contributed by atoms with Crippen LogP contribution >= 0.6 is 22.6 Å². The highest BCUT2D eigenvalue weighted by Gasteiger charge is 2.66. The summed E-state index contributed by atoms with van der Waals surface area (Å²) in [7, 11) is 1.33. The zero-order chi connectivity index (χ0) is 24.6. The second-order valence-electron chi connectivity index (χ2n) is 8.19. The van der Waals surface area contributed by atoms with Gasteiger partial charge in [-0.05, 0) is 55.4 Å². The normalized spacial score (nSPS) is 26.9. The van der Waals surface area contributed by atoms with Crippen molar-refractivity contribution in [3.8, 4) is 5.75 Å². The summed E-state index contributed by atoms with van der Waals surface area (Å²) in [4.78, 5) is 25.9. The third-order valence-electron chi connectivity index (χ3n) is 6.43. The van der Waals surface area contributed by atoms with Gasteiger partial charge in [-0.25, -0.2) is 15.6 Å². The van der Waals surface area contributed by atoms with Crippen molar-refractivity contribution >= 4 is 32.4 Å². The van der Waals surface area contributed by atoms with Crippen molar-refractivity contribution in [3.05, 3.63) is 29.3 Å². The molecule has 2 aliphatic rings. The summed E-state index contributed by atoms with van der Waals surface area (Å²) >= 11 is 1.53. The first-order valence-electron chi connectivity index (χ1n) is 10.1. The van der Waals surface area contributed by atoms with Crippen molar-refractivity contribution < 1.29 is 41.0 Å². The number of urea groups is 1. The Balaban J connectivity index is 2.09. The van der Waals surface area contributed by atoms with Crippen LogP contribution in [0.25, 0.3) is 0 Å². The van der Waals surface area contributed by atoms with Gasteiger partial charge >= 0.3 is 18.8 Å². The number of rotatable bonds is 6. The van der Waals surface area contributed by atoms with Crippen LogP contribution in [0, 0.1) is 5.41 Å². The van der Waals surface area contributed by atoms with E-state index in [1.54, 1.807) is 6.07 Å². The number of nitrogens with zero attached hydrogens (tertiary/aromatic N) is 1. The van der Waals surface area contributed by atoms with Crippen molar-refractivity contribution in [2.45, 2.75) is 56.5 Å². The van der Waals surface area contributed by atoms with Gasteiger partial charge in [-0.15, -0.1) is 0 Å². The van der Waals surface area contributed by atoms with E-state index in [9.17, 15) is 31.5 Å². The SMILES string of the molecule is CNC(=O)N(N)C1(C(=O)I)c2cc(OCC(F)(F)F)ccc2CC12CCC(OC(F)F)CC2. The van der Waals surface area contributed by atoms with Gasteiger partial charge in [0.1, 0.15) is 5.75 Å². The van der Waals surface area contributed by atoms with Gasteiger partial charge in [-0.3, -0.25) is 4.79 Å². The quantitative estimate of drug-likeness (QED) is 0.130. The molecule has 2 aliphatic carbocycles. The zero-order valence-electron chi connectivity index (χ0n) is 17.6. The average molecular weight is 591 g/mol. The number of nitrogens with one attached hydrogen (secondary N) is 1. The fourth-order valence-electron chi connectivity index (χ4n) is 5.11. The van der Waals surface area contributed by atoms with Crippen molar-refractivity contribution in [2.75, 3.05) is 13.7 Å². The van der Waals surface area contributed by atoms with Crippen molar-refractivity contribution in [1.29, 1.82) is 0 Å². The molecular formula is C20H23F5IN3O4. The predicted octanol–water partition coefficient (Wildman–Crippen LogP) is 4.02. The van der Waals surface area contributed by atoms with Crippen LogP contribution in [0.5, 0.6) is 5.75 Å². The van der Waals surface area contributed by atoms with E-state index in [1.807, 2.05) is 0 Å². The van der Waals surface area contributed by atoms with Crippen LogP contribution < -0.4 is 15.9 Å². The van der Waals surface area contributed by atoms with Gasteiger partial charge in [0.05, 0.1) is 6.10 Å². The van der Waals surface area contributed by atoms with Crippen LogP contribution in [0.15, 0.2) is 18.2 Å². The molecule has 13 heteroatoms. The molecule has 0 saturated heterocycles. The number of hydrazine groups is 1. The lowest BCUT2D eigenvalue weighted by Gasteiger charge is -2.51. The molecule has 1 aromatic carbocycles. The van der Waals surface area contributed by atoms with Gasteiger partial charge in [0, 0.05) is 35.1 Å². The minimum atomic E-state index is -4.57. The second-order valence-corrected chi connectivity index (χ2v) is 9.17. The Kier molecular flexibility index (Phi) is 7.44. The summed E-state index contributed by atoms with van der Waals surface area (Å²) in [5.41, 5.74) is -1.82. The average Bonchev–Trinajstić information content (AvgIpc) is 3.01. The first-order chi connectivity index (χ1) is 15.4. The van der Waals surface area contributed by atoms with Crippen LogP contribution in [-0.2, 0) is 21.5 Å². The maximum Gasteiger partial charge on any atom is 0.422 e. The molecule has 1 atom stereocenters. The minimum absolute atomic E-state index is 0.134. The highest BCUT2D eigenvalue weighted by atomic mass is 127. The van der Waals surface area contributed by atoms with Crippen LogP contribution in [-0.4, -0.2) is 47.4 Å². The maximum atomic E-state index is 13.3. The van der Waals surface area contributed by atoms with Crippen LogP contribution in [0.3, 0.4) is 0 Å². The number of ether oxygens (including phenoxy) is 2. The third kappa shape index (κ3) is 4.76. The molecule has 2 amide bonds. The molecular weight excluding hydrogens is 568 g/mol. The Morgan fingerprint density at radius 3 is 2.45 bits per heavy atom. The highest BCUT2D eigenvalue weighted by molar-refractivity contribution is 14.1. The van der Waals surface area contributed by atoms with Gasteiger partial charge in [0.2, 0.25) is 3.79 Å². The molecule has 1 spiro atoms. The maximum absolute atomic E-state index is 13.3. The summed E-state index contributed by atoms with van der Waals surface area (Å²) < 4.78 is 72.4. The molecule has 0 radical (unpaired) electrons. The molecule has 0 aromatic heterocycles. The summed E-state index contributed by atoms with van der Waals surface area (Å²) in [6.45, 7) is -4.47. The molecule has 1 unspecified atom stereocenters. The topological polar surface area (TPSA) is 93.9 Å². The third-order valence-corrected chi connectivity index (χ3v) is 7.21. The van der Waals surface area contributed by atoms with E-state index in [0.29, 0.717) is 5.56 Å². The van der Waals surface area contributed by atoms with Crippen LogP contribution in [0.1, 0.15) is 36.8 Å². The van der Waals surface area contributed by atoms with Crippen molar-refractivity contribution in [3.63, 3.8) is 0 Å². The number of carbonyl (C=O) groups is 2. The number of benzene rings is 1. The van der Waals surface area contributed by atoms with E-state index in [4.69, 9.17) is 10.6 Å². The Morgan fingerprint density at radius 1 is 1.30 bits per heavy atom. The van der Waals surface area contributed by atoms with Gasteiger partial charge in [0.15, 0.2) is 12.1 Å². The molecule has 33 heavy (non-hydrogen) atoms. The molecule has 0 heterocycles. The highest BCUT2D eigenvalue weighted by Crippen LogP contribution is 2.61.